The zero-order valence-electron chi connectivity index (χ0n) is 10.2. The van der Waals surface area contributed by atoms with Gasteiger partial charge in [-0.2, -0.15) is 0 Å². The summed E-state index contributed by atoms with van der Waals surface area (Å²) in [5.74, 6) is 2.38. The van der Waals surface area contributed by atoms with Crippen molar-refractivity contribution in [2.45, 2.75) is 51.5 Å². The zero-order valence-corrected chi connectivity index (χ0v) is 10.2. The van der Waals surface area contributed by atoms with Crippen LogP contribution in [-0.4, -0.2) is 18.5 Å². The first-order chi connectivity index (χ1) is 7.69. The van der Waals surface area contributed by atoms with Crippen LogP contribution >= 0.6 is 0 Å². The van der Waals surface area contributed by atoms with Gasteiger partial charge in [0.2, 0.25) is 5.91 Å². The van der Waals surface area contributed by atoms with Crippen LogP contribution in [0.2, 0.25) is 0 Å². The molecule has 3 N–H and O–H groups in total. The molecule has 0 aromatic rings. The summed E-state index contributed by atoms with van der Waals surface area (Å²) in [5, 5.41) is 3.21. The molecule has 2 saturated carbocycles. The van der Waals surface area contributed by atoms with Crippen molar-refractivity contribution < 1.29 is 4.79 Å². The molecule has 2 rings (SSSR count). The smallest absolute Gasteiger partial charge is 0.220 e. The SMILES string of the molecule is CC(CN)CCC(=O)NC1CC2CCC1C2. The van der Waals surface area contributed by atoms with Crippen LogP contribution in [0, 0.1) is 17.8 Å². The van der Waals surface area contributed by atoms with E-state index >= 15 is 0 Å². The third kappa shape index (κ3) is 2.76. The Labute approximate surface area is 98.2 Å². The maximum absolute atomic E-state index is 11.7. The molecule has 0 heterocycles. The lowest BCUT2D eigenvalue weighted by Gasteiger charge is -2.23. The van der Waals surface area contributed by atoms with Crippen LogP contribution in [0.15, 0.2) is 0 Å². The fourth-order valence-electron chi connectivity index (χ4n) is 3.20. The Kier molecular flexibility index (Phi) is 3.85. The molecule has 4 unspecified atom stereocenters. The molecule has 3 heteroatoms. The first kappa shape index (κ1) is 11.9. The molecule has 2 aliphatic rings. The highest BCUT2D eigenvalue weighted by Gasteiger charge is 2.39. The van der Waals surface area contributed by atoms with E-state index in [0.717, 1.165) is 18.3 Å². The highest BCUT2D eigenvalue weighted by molar-refractivity contribution is 5.76. The monoisotopic (exact) mass is 224 g/mol. The topological polar surface area (TPSA) is 55.1 Å². The van der Waals surface area contributed by atoms with Gasteiger partial charge in [0.25, 0.3) is 0 Å². The number of carbonyl (C=O) groups is 1. The summed E-state index contributed by atoms with van der Waals surface area (Å²) in [4.78, 5) is 11.7. The van der Waals surface area contributed by atoms with Crippen molar-refractivity contribution in [3.8, 4) is 0 Å². The van der Waals surface area contributed by atoms with Crippen LogP contribution in [0.25, 0.3) is 0 Å². The van der Waals surface area contributed by atoms with Crippen molar-refractivity contribution in [1.29, 1.82) is 0 Å². The van der Waals surface area contributed by atoms with Gasteiger partial charge in [0, 0.05) is 12.5 Å². The Bertz CT molecular complexity index is 254. The van der Waals surface area contributed by atoms with E-state index in [1.807, 2.05) is 0 Å². The lowest BCUT2D eigenvalue weighted by atomic mass is 9.95. The summed E-state index contributed by atoms with van der Waals surface area (Å²) in [6.45, 7) is 2.78. The molecule has 92 valence electrons. The lowest BCUT2D eigenvalue weighted by molar-refractivity contribution is -0.122. The highest BCUT2D eigenvalue weighted by atomic mass is 16.1. The molecule has 2 fully saturated rings. The van der Waals surface area contributed by atoms with E-state index < -0.39 is 0 Å². The molecule has 1 amide bonds. The van der Waals surface area contributed by atoms with E-state index in [1.54, 1.807) is 0 Å². The second-order valence-corrected chi connectivity index (χ2v) is 5.73. The van der Waals surface area contributed by atoms with E-state index in [1.165, 1.54) is 25.7 Å². The molecular formula is C13H24N2O. The molecule has 0 aromatic carbocycles. The Morgan fingerprint density at radius 2 is 2.25 bits per heavy atom. The maximum Gasteiger partial charge on any atom is 0.220 e. The Morgan fingerprint density at radius 1 is 1.44 bits per heavy atom. The van der Waals surface area contributed by atoms with Crippen molar-refractivity contribution in [3.63, 3.8) is 0 Å². The summed E-state index contributed by atoms with van der Waals surface area (Å²) in [5.41, 5.74) is 5.54. The van der Waals surface area contributed by atoms with Gasteiger partial charge in [-0.05, 0) is 50.0 Å². The van der Waals surface area contributed by atoms with Crippen molar-refractivity contribution in [1.82, 2.24) is 5.32 Å². The lowest BCUT2D eigenvalue weighted by Crippen LogP contribution is -2.38. The Hall–Kier alpha value is -0.570. The largest absolute Gasteiger partial charge is 0.353 e. The molecule has 16 heavy (non-hydrogen) atoms. The number of hydrogen-bond donors (Lipinski definition) is 2. The first-order valence-electron chi connectivity index (χ1n) is 6.68. The molecule has 2 aliphatic carbocycles. The summed E-state index contributed by atoms with van der Waals surface area (Å²) in [6, 6.07) is 0.486. The van der Waals surface area contributed by atoms with E-state index in [9.17, 15) is 4.79 Å². The van der Waals surface area contributed by atoms with Gasteiger partial charge in [0.15, 0.2) is 0 Å². The van der Waals surface area contributed by atoms with Crippen LogP contribution < -0.4 is 11.1 Å². The third-order valence-electron chi connectivity index (χ3n) is 4.35. The van der Waals surface area contributed by atoms with Gasteiger partial charge >= 0.3 is 0 Å². The standard InChI is InChI=1S/C13H24N2O/c1-9(8-14)2-5-13(16)15-12-7-10-3-4-11(12)6-10/h9-12H,2-8,14H2,1H3,(H,15,16). The molecule has 0 saturated heterocycles. The quantitative estimate of drug-likeness (QED) is 0.746. The van der Waals surface area contributed by atoms with Crippen LogP contribution in [0.3, 0.4) is 0 Å². The van der Waals surface area contributed by atoms with Gasteiger partial charge in [-0.3, -0.25) is 4.79 Å². The maximum atomic E-state index is 11.7. The predicted octanol–water partition coefficient (Wildman–Crippen LogP) is 1.67. The van der Waals surface area contributed by atoms with Gasteiger partial charge in [0.1, 0.15) is 0 Å². The molecule has 3 nitrogen and oxygen atoms in total. The Balaban J connectivity index is 1.67. The van der Waals surface area contributed by atoms with E-state index in [-0.39, 0.29) is 5.91 Å². The fraction of sp³-hybridized carbons (Fsp3) is 0.923. The molecule has 0 aliphatic heterocycles. The summed E-state index contributed by atoms with van der Waals surface area (Å²) >= 11 is 0. The third-order valence-corrected chi connectivity index (χ3v) is 4.35. The number of hydrogen-bond acceptors (Lipinski definition) is 2. The summed E-state index contributed by atoms with van der Waals surface area (Å²) in [6.07, 6.45) is 6.86. The number of nitrogens with two attached hydrogens (primary N) is 1. The fourth-order valence-corrected chi connectivity index (χ4v) is 3.20. The van der Waals surface area contributed by atoms with Gasteiger partial charge < -0.3 is 11.1 Å². The van der Waals surface area contributed by atoms with Crippen molar-refractivity contribution in [3.05, 3.63) is 0 Å². The number of amides is 1. The van der Waals surface area contributed by atoms with Crippen LogP contribution in [0.1, 0.15) is 45.4 Å². The molecule has 2 bridgehead atoms. The van der Waals surface area contributed by atoms with Crippen molar-refractivity contribution in [2.75, 3.05) is 6.54 Å². The van der Waals surface area contributed by atoms with Crippen LogP contribution in [-0.2, 0) is 4.79 Å². The van der Waals surface area contributed by atoms with E-state index in [4.69, 9.17) is 5.73 Å². The molecule has 0 spiro atoms. The van der Waals surface area contributed by atoms with Gasteiger partial charge in [-0.25, -0.2) is 0 Å². The first-order valence-corrected chi connectivity index (χ1v) is 6.68. The van der Waals surface area contributed by atoms with Crippen LogP contribution in [0.4, 0.5) is 0 Å². The molecular weight excluding hydrogens is 200 g/mol. The van der Waals surface area contributed by atoms with Crippen molar-refractivity contribution >= 4 is 5.91 Å². The average molecular weight is 224 g/mol. The Morgan fingerprint density at radius 3 is 2.81 bits per heavy atom. The average Bonchev–Trinajstić information content (AvgIpc) is 2.87. The van der Waals surface area contributed by atoms with Gasteiger partial charge in [0.05, 0.1) is 0 Å². The summed E-state index contributed by atoms with van der Waals surface area (Å²) < 4.78 is 0. The molecule has 4 atom stereocenters. The number of fused-ring (bicyclic) bond motifs is 2. The number of rotatable bonds is 5. The second kappa shape index (κ2) is 5.17. The second-order valence-electron chi connectivity index (χ2n) is 5.73. The van der Waals surface area contributed by atoms with E-state index in [0.29, 0.717) is 24.9 Å². The minimum atomic E-state index is 0.234. The number of carbonyl (C=O) groups excluding carboxylic acids is 1. The van der Waals surface area contributed by atoms with E-state index in [2.05, 4.69) is 12.2 Å². The van der Waals surface area contributed by atoms with Crippen LogP contribution in [0.5, 0.6) is 0 Å². The number of nitrogens with one attached hydrogen (secondary N) is 1. The zero-order chi connectivity index (χ0) is 11.5. The highest BCUT2D eigenvalue weighted by Crippen LogP contribution is 2.44. The predicted molar refractivity (Wildman–Crippen MR) is 64.8 cm³/mol. The summed E-state index contributed by atoms with van der Waals surface area (Å²) in [7, 11) is 0. The minimum Gasteiger partial charge on any atom is -0.353 e. The normalized spacial score (nSPS) is 34.0. The molecule has 0 radical (unpaired) electrons. The van der Waals surface area contributed by atoms with Gasteiger partial charge in [-0.15, -0.1) is 0 Å². The van der Waals surface area contributed by atoms with Gasteiger partial charge in [-0.1, -0.05) is 13.3 Å². The van der Waals surface area contributed by atoms with Crippen molar-refractivity contribution in [2.24, 2.45) is 23.5 Å². The minimum absolute atomic E-state index is 0.234. The molecule has 0 aromatic heterocycles.